The van der Waals surface area contributed by atoms with Crippen molar-refractivity contribution >= 4 is 34.5 Å². The van der Waals surface area contributed by atoms with E-state index in [9.17, 15) is 9.59 Å². The van der Waals surface area contributed by atoms with Crippen molar-refractivity contribution in [3.05, 3.63) is 77.5 Å². The number of aryl methyl sites for hydroxylation is 2. The topological polar surface area (TPSA) is 88.6 Å². The third-order valence-electron chi connectivity index (χ3n) is 5.73. The van der Waals surface area contributed by atoms with Gasteiger partial charge in [0.25, 0.3) is 11.8 Å². The van der Waals surface area contributed by atoms with E-state index in [4.69, 9.17) is 8.83 Å². The Morgan fingerprint density at radius 1 is 1.15 bits per heavy atom. The first kappa shape index (κ1) is 21.3. The maximum atomic E-state index is 13.5. The van der Waals surface area contributed by atoms with Crippen LogP contribution in [0.1, 0.15) is 32.3 Å². The van der Waals surface area contributed by atoms with Crippen LogP contribution in [0.2, 0.25) is 0 Å². The van der Waals surface area contributed by atoms with Crippen molar-refractivity contribution in [1.82, 2.24) is 15.2 Å². The summed E-state index contributed by atoms with van der Waals surface area (Å²) in [4.78, 5) is 32.4. The van der Waals surface area contributed by atoms with Gasteiger partial charge >= 0.3 is 0 Å². The highest BCUT2D eigenvalue weighted by atomic mass is 32.2. The zero-order valence-corrected chi connectivity index (χ0v) is 19.1. The molecule has 0 radical (unpaired) electrons. The van der Waals surface area contributed by atoms with E-state index >= 15 is 0 Å². The first-order valence-electron chi connectivity index (χ1n) is 10.7. The molecule has 0 unspecified atom stereocenters. The minimum Gasteiger partial charge on any atom is -0.464 e. The molecule has 1 N–H and O–H groups in total. The fraction of sp³-hybridized carbons (Fsp3) is 0.240. The molecule has 1 fully saturated rings. The number of hydrogen-bond donors (Lipinski definition) is 1. The van der Waals surface area contributed by atoms with Gasteiger partial charge in [0.15, 0.2) is 17.3 Å². The van der Waals surface area contributed by atoms with Gasteiger partial charge in [-0.2, -0.15) is 0 Å². The minimum atomic E-state index is -0.191. The van der Waals surface area contributed by atoms with Crippen molar-refractivity contribution in [3.63, 3.8) is 0 Å². The van der Waals surface area contributed by atoms with E-state index in [0.717, 1.165) is 22.3 Å². The van der Waals surface area contributed by atoms with Gasteiger partial charge in [-0.25, -0.2) is 4.98 Å². The van der Waals surface area contributed by atoms with Crippen LogP contribution in [0.15, 0.2) is 63.6 Å². The summed E-state index contributed by atoms with van der Waals surface area (Å²) in [6, 6.07) is 14.8. The van der Waals surface area contributed by atoms with Crippen LogP contribution in [0.5, 0.6) is 0 Å². The van der Waals surface area contributed by atoms with Crippen molar-refractivity contribution in [1.29, 1.82) is 0 Å². The van der Waals surface area contributed by atoms with Gasteiger partial charge in [-0.15, -0.1) is 11.8 Å². The van der Waals surface area contributed by atoms with E-state index in [2.05, 4.69) is 10.3 Å². The summed E-state index contributed by atoms with van der Waals surface area (Å²) >= 11 is 1.66. The molecule has 2 aromatic carbocycles. The highest BCUT2D eigenvalue weighted by Gasteiger charge is 2.34. The van der Waals surface area contributed by atoms with Gasteiger partial charge in [0, 0.05) is 30.2 Å². The van der Waals surface area contributed by atoms with E-state index in [1.807, 2.05) is 37.3 Å². The number of hydrogen-bond acceptors (Lipinski definition) is 6. The second-order valence-electron chi connectivity index (χ2n) is 8.05. The summed E-state index contributed by atoms with van der Waals surface area (Å²) < 4.78 is 11.2. The fourth-order valence-corrected chi connectivity index (χ4v) is 5.18. The van der Waals surface area contributed by atoms with Crippen LogP contribution in [-0.2, 0) is 0 Å². The summed E-state index contributed by atoms with van der Waals surface area (Å²) in [5.41, 5.74) is 3.47. The number of aromatic nitrogens is 1. The summed E-state index contributed by atoms with van der Waals surface area (Å²) in [6.07, 6.45) is 1.57. The number of nitrogens with zero attached hydrogens (tertiary/aromatic N) is 2. The molecule has 1 aliphatic rings. The maximum absolute atomic E-state index is 13.5. The van der Waals surface area contributed by atoms with Crippen LogP contribution in [0.3, 0.4) is 0 Å². The van der Waals surface area contributed by atoms with E-state index < -0.39 is 0 Å². The summed E-state index contributed by atoms with van der Waals surface area (Å²) in [6.45, 7) is 4.10. The Labute approximate surface area is 195 Å². The Balaban J connectivity index is 1.33. The average Bonchev–Trinajstić information content (AvgIpc) is 3.56. The zero-order valence-electron chi connectivity index (χ0n) is 18.3. The van der Waals surface area contributed by atoms with E-state index in [-0.39, 0.29) is 17.9 Å². The predicted octanol–water partition coefficient (Wildman–Crippen LogP) is 4.65. The molecular weight excluding hydrogens is 438 g/mol. The minimum absolute atomic E-state index is 0.141. The number of amides is 2. The molecule has 0 saturated carbocycles. The van der Waals surface area contributed by atoms with Crippen LogP contribution in [0.25, 0.3) is 22.3 Å². The van der Waals surface area contributed by atoms with E-state index in [1.54, 1.807) is 48.0 Å². The lowest BCUT2D eigenvalue weighted by Crippen LogP contribution is -2.44. The van der Waals surface area contributed by atoms with Crippen molar-refractivity contribution in [2.45, 2.75) is 19.9 Å². The van der Waals surface area contributed by atoms with Crippen molar-refractivity contribution in [2.24, 2.45) is 0 Å². The van der Waals surface area contributed by atoms with E-state index in [1.165, 1.54) is 0 Å². The van der Waals surface area contributed by atoms with Gasteiger partial charge in [-0.05, 0) is 25.1 Å². The molecule has 3 heterocycles. The van der Waals surface area contributed by atoms with Gasteiger partial charge in [-0.1, -0.05) is 35.9 Å². The average molecular weight is 462 g/mol. The zero-order chi connectivity index (χ0) is 22.9. The molecule has 8 heteroatoms. The summed E-state index contributed by atoms with van der Waals surface area (Å²) in [7, 11) is 0. The third kappa shape index (κ3) is 4.14. The van der Waals surface area contributed by atoms with Crippen LogP contribution in [-0.4, -0.2) is 45.9 Å². The van der Waals surface area contributed by atoms with Gasteiger partial charge in [-0.3, -0.25) is 9.59 Å². The standard InChI is InChI=1S/C25H23N3O4S/c1-15-6-8-17(9-7-15)23-22(27-16(2)32-23)25(30)28-14-33-13-18(28)12-26-24(29)20-4-3-5-21-19(20)10-11-31-21/h3-11,18H,12-14H2,1-2H3,(H,26,29)/t18-/m1/s1. The maximum Gasteiger partial charge on any atom is 0.277 e. The molecule has 0 spiro atoms. The summed E-state index contributed by atoms with van der Waals surface area (Å²) in [5.74, 6) is 1.81. The highest BCUT2D eigenvalue weighted by Crippen LogP contribution is 2.29. The van der Waals surface area contributed by atoms with Crippen molar-refractivity contribution < 1.29 is 18.4 Å². The monoisotopic (exact) mass is 461 g/mol. The molecule has 33 heavy (non-hydrogen) atoms. The van der Waals surface area contributed by atoms with Gasteiger partial charge in [0.2, 0.25) is 0 Å². The molecule has 7 nitrogen and oxygen atoms in total. The fourth-order valence-electron chi connectivity index (χ4n) is 3.98. The number of rotatable bonds is 5. The number of thioether (sulfide) groups is 1. The Morgan fingerprint density at radius 2 is 1.97 bits per heavy atom. The molecule has 0 bridgehead atoms. The number of carbonyl (C=O) groups is 2. The molecule has 4 aromatic rings. The van der Waals surface area contributed by atoms with Crippen LogP contribution in [0, 0.1) is 13.8 Å². The quantitative estimate of drug-likeness (QED) is 0.465. The molecule has 1 aliphatic heterocycles. The number of oxazole rings is 1. The van der Waals surface area contributed by atoms with Crippen LogP contribution >= 0.6 is 11.8 Å². The van der Waals surface area contributed by atoms with Crippen molar-refractivity contribution in [3.8, 4) is 11.3 Å². The highest BCUT2D eigenvalue weighted by molar-refractivity contribution is 7.99. The molecule has 168 valence electrons. The molecule has 2 aromatic heterocycles. The van der Waals surface area contributed by atoms with Crippen LogP contribution in [0.4, 0.5) is 0 Å². The normalized spacial score (nSPS) is 15.8. The molecule has 0 aliphatic carbocycles. The van der Waals surface area contributed by atoms with Crippen molar-refractivity contribution in [2.75, 3.05) is 18.2 Å². The smallest absolute Gasteiger partial charge is 0.277 e. The Hall–Kier alpha value is -3.52. The van der Waals surface area contributed by atoms with E-state index in [0.29, 0.717) is 40.9 Å². The summed E-state index contributed by atoms with van der Waals surface area (Å²) in [5, 5.41) is 3.75. The number of carbonyl (C=O) groups excluding carboxylic acids is 2. The van der Waals surface area contributed by atoms with Gasteiger partial charge < -0.3 is 19.1 Å². The number of benzene rings is 2. The lowest BCUT2D eigenvalue weighted by Gasteiger charge is -2.23. The Morgan fingerprint density at radius 3 is 2.79 bits per heavy atom. The molecule has 5 rings (SSSR count). The second kappa shape index (κ2) is 8.78. The largest absolute Gasteiger partial charge is 0.464 e. The lowest BCUT2D eigenvalue weighted by molar-refractivity contribution is 0.0731. The number of fused-ring (bicyclic) bond motifs is 1. The molecule has 1 atom stereocenters. The second-order valence-corrected chi connectivity index (χ2v) is 9.05. The number of furan rings is 1. The SMILES string of the molecule is Cc1ccc(-c2oc(C)nc2C(=O)N2CSC[C@H]2CNC(=O)c2cccc3occc23)cc1. The first-order valence-corrected chi connectivity index (χ1v) is 11.8. The number of nitrogens with one attached hydrogen (secondary N) is 1. The molecule has 1 saturated heterocycles. The first-order chi connectivity index (χ1) is 16.0. The third-order valence-corrected chi connectivity index (χ3v) is 6.81. The lowest BCUT2D eigenvalue weighted by atomic mass is 10.1. The van der Waals surface area contributed by atoms with Crippen LogP contribution < -0.4 is 5.32 Å². The van der Waals surface area contributed by atoms with Gasteiger partial charge in [0.05, 0.1) is 23.7 Å². The van der Waals surface area contributed by atoms with Gasteiger partial charge in [0.1, 0.15) is 5.58 Å². The molecule has 2 amide bonds. The predicted molar refractivity (Wildman–Crippen MR) is 127 cm³/mol. The Kier molecular flexibility index (Phi) is 5.68. The Bertz CT molecular complexity index is 1330. The molecular formula is C25H23N3O4S.